The fourth-order valence-electron chi connectivity index (χ4n) is 2.93. The van der Waals surface area contributed by atoms with Gasteiger partial charge in [-0.05, 0) is 36.4 Å². The first-order chi connectivity index (χ1) is 14.3. The normalized spacial score (nSPS) is 13.1. The van der Waals surface area contributed by atoms with Crippen molar-refractivity contribution in [2.75, 3.05) is 6.54 Å². The van der Waals surface area contributed by atoms with Gasteiger partial charge in [0.05, 0.1) is 27.0 Å². The van der Waals surface area contributed by atoms with E-state index in [1.54, 1.807) is 24.3 Å². The van der Waals surface area contributed by atoms with Gasteiger partial charge in [-0.25, -0.2) is 4.99 Å². The molecule has 30 heavy (non-hydrogen) atoms. The SMILES string of the molecule is O=C(NCCC(F)(F)F)c1ccc2c(c1)N=C(c1ccc(Cl)s1)c1ccccc1S2. The molecule has 0 bridgehead atoms. The van der Waals surface area contributed by atoms with Crippen molar-refractivity contribution in [3.05, 3.63) is 74.9 Å². The van der Waals surface area contributed by atoms with Crippen molar-refractivity contribution in [2.24, 2.45) is 4.99 Å². The lowest BCUT2D eigenvalue weighted by Crippen LogP contribution is -2.27. The average Bonchev–Trinajstić information content (AvgIpc) is 3.05. The fraction of sp³-hybridized carbons (Fsp3) is 0.143. The van der Waals surface area contributed by atoms with E-state index in [0.717, 1.165) is 25.9 Å². The average molecular weight is 467 g/mol. The Hall–Kier alpha value is -2.29. The van der Waals surface area contributed by atoms with Crippen LogP contribution >= 0.6 is 34.7 Å². The molecule has 1 aromatic heterocycles. The Kier molecular flexibility index (Phi) is 5.90. The van der Waals surface area contributed by atoms with Gasteiger partial charge in [-0.3, -0.25) is 4.79 Å². The van der Waals surface area contributed by atoms with E-state index < -0.39 is 25.0 Å². The number of thiophene rings is 1. The van der Waals surface area contributed by atoms with Gasteiger partial charge >= 0.3 is 6.18 Å². The van der Waals surface area contributed by atoms with Crippen LogP contribution in [0, 0.1) is 0 Å². The molecule has 2 aromatic carbocycles. The number of benzene rings is 2. The Bertz CT molecular complexity index is 1140. The van der Waals surface area contributed by atoms with Crippen LogP contribution in [-0.4, -0.2) is 24.3 Å². The minimum absolute atomic E-state index is 0.259. The van der Waals surface area contributed by atoms with Crippen LogP contribution in [0.1, 0.15) is 27.2 Å². The summed E-state index contributed by atoms with van der Waals surface area (Å²) in [6.45, 7) is -0.470. The highest BCUT2D eigenvalue weighted by Gasteiger charge is 2.27. The third kappa shape index (κ3) is 4.71. The van der Waals surface area contributed by atoms with Gasteiger partial charge in [0.2, 0.25) is 0 Å². The standard InChI is InChI=1S/C21H14ClF3N2OS2/c22-18-8-7-17(30-18)19-13-3-1-2-4-15(13)29-16-6-5-12(11-14(16)27-19)20(28)26-10-9-21(23,24)25/h1-8,11H,9-10H2,(H,26,28). The van der Waals surface area contributed by atoms with Crippen molar-refractivity contribution in [1.82, 2.24) is 5.32 Å². The van der Waals surface area contributed by atoms with Gasteiger partial charge in [-0.15, -0.1) is 11.3 Å². The topological polar surface area (TPSA) is 41.5 Å². The van der Waals surface area contributed by atoms with Crippen molar-refractivity contribution in [1.29, 1.82) is 0 Å². The number of hydrogen-bond acceptors (Lipinski definition) is 4. The summed E-state index contributed by atoms with van der Waals surface area (Å²) in [5.74, 6) is -0.565. The third-order valence-electron chi connectivity index (χ3n) is 4.32. The molecule has 0 unspecified atom stereocenters. The second-order valence-electron chi connectivity index (χ2n) is 6.47. The smallest absolute Gasteiger partial charge is 0.352 e. The van der Waals surface area contributed by atoms with Crippen LogP contribution < -0.4 is 5.32 Å². The van der Waals surface area contributed by atoms with E-state index >= 15 is 0 Å². The first-order valence-corrected chi connectivity index (χ1v) is 10.9. The van der Waals surface area contributed by atoms with Crippen LogP contribution in [0.2, 0.25) is 4.34 Å². The quantitative estimate of drug-likeness (QED) is 0.363. The lowest BCUT2D eigenvalue weighted by molar-refractivity contribution is -0.132. The summed E-state index contributed by atoms with van der Waals surface area (Å²) in [5, 5.41) is 2.31. The summed E-state index contributed by atoms with van der Waals surface area (Å²) >= 11 is 9.05. The molecule has 0 spiro atoms. The van der Waals surface area contributed by atoms with Gasteiger partial charge in [0, 0.05) is 27.5 Å². The number of aliphatic imine (C=N–C) groups is 1. The molecule has 2 heterocycles. The Morgan fingerprint density at radius 1 is 1.07 bits per heavy atom. The van der Waals surface area contributed by atoms with Gasteiger partial charge in [-0.2, -0.15) is 13.2 Å². The number of carbonyl (C=O) groups is 1. The van der Waals surface area contributed by atoms with E-state index in [-0.39, 0.29) is 5.56 Å². The van der Waals surface area contributed by atoms with Crippen LogP contribution in [0.4, 0.5) is 18.9 Å². The van der Waals surface area contributed by atoms with Crippen LogP contribution in [-0.2, 0) is 0 Å². The first-order valence-electron chi connectivity index (χ1n) is 8.91. The lowest BCUT2D eigenvalue weighted by atomic mass is 10.1. The van der Waals surface area contributed by atoms with E-state index in [1.165, 1.54) is 23.1 Å². The van der Waals surface area contributed by atoms with Gasteiger partial charge in [0.25, 0.3) is 5.91 Å². The van der Waals surface area contributed by atoms with Crippen molar-refractivity contribution >= 4 is 52.0 Å². The minimum Gasteiger partial charge on any atom is -0.352 e. The van der Waals surface area contributed by atoms with Crippen molar-refractivity contribution in [3.63, 3.8) is 0 Å². The number of rotatable bonds is 4. The van der Waals surface area contributed by atoms with Gasteiger partial charge < -0.3 is 5.32 Å². The minimum atomic E-state index is -4.31. The summed E-state index contributed by atoms with van der Waals surface area (Å²) in [7, 11) is 0. The molecule has 1 N–H and O–H groups in total. The van der Waals surface area contributed by atoms with Crippen molar-refractivity contribution < 1.29 is 18.0 Å². The van der Waals surface area contributed by atoms with Gasteiger partial charge in [0.1, 0.15) is 0 Å². The fourth-order valence-corrected chi connectivity index (χ4v) is 4.98. The summed E-state index contributed by atoms with van der Waals surface area (Å²) in [4.78, 5) is 19.9. The van der Waals surface area contributed by atoms with Crippen LogP contribution in [0.5, 0.6) is 0 Å². The maximum Gasteiger partial charge on any atom is 0.390 e. The molecule has 4 rings (SSSR count). The Morgan fingerprint density at radius 3 is 2.60 bits per heavy atom. The van der Waals surface area contributed by atoms with Crippen molar-refractivity contribution in [2.45, 2.75) is 22.4 Å². The molecule has 9 heteroatoms. The molecule has 0 aliphatic carbocycles. The zero-order valence-electron chi connectivity index (χ0n) is 15.3. The van der Waals surface area contributed by atoms with Crippen LogP contribution in [0.15, 0.2) is 69.4 Å². The number of nitrogens with zero attached hydrogens (tertiary/aromatic N) is 1. The lowest BCUT2D eigenvalue weighted by Gasteiger charge is -2.09. The van der Waals surface area contributed by atoms with E-state index in [4.69, 9.17) is 16.6 Å². The summed E-state index contributed by atoms with van der Waals surface area (Å²) in [6.07, 6.45) is -5.39. The summed E-state index contributed by atoms with van der Waals surface area (Å²) < 4.78 is 37.6. The first kappa shape index (κ1) is 21.0. The number of fused-ring (bicyclic) bond motifs is 2. The zero-order chi connectivity index (χ0) is 21.3. The maximum atomic E-state index is 12.3. The maximum absolute atomic E-state index is 12.3. The molecule has 154 valence electrons. The molecule has 3 nitrogen and oxygen atoms in total. The molecule has 0 saturated heterocycles. The Balaban J connectivity index is 1.70. The monoisotopic (exact) mass is 466 g/mol. The van der Waals surface area contributed by atoms with Crippen LogP contribution in [0.25, 0.3) is 0 Å². The zero-order valence-corrected chi connectivity index (χ0v) is 17.7. The summed E-state index contributed by atoms with van der Waals surface area (Å²) in [6, 6.07) is 16.5. The largest absolute Gasteiger partial charge is 0.390 e. The highest BCUT2D eigenvalue weighted by atomic mass is 35.5. The predicted molar refractivity (Wildman–Crippen MR) is 115 cm³/mol. The number of halogens is 4. The molecule has 3 aromatic rings. The predicted octanol–water partition coefficient (Wildman–Crippen LogP) is 6.72. The molecule has 1 aliphatic rings. The molecule has 1 aliphatic heterocycles. The van der Waals surface area contributed by atoms with Gasteiger partial charge in [0.15, 0.2) is 0 Å². The molecule has 0 saturated carbocycles. The van der Waals surface area contributed by atoms with Crippen LogP contribution in [0.3, 0.4) is 0 Å². The molecule has 1 amide bonds. The third-order valence-corrected chi connectivity index (χ3v) is 6.70. The molecular formula is C21H14ClF3N2OS2. The van der Waals surface area contributed by atoms with E-state index in [0.29, 0.717) is 10.0 Å². The van der Waals surface area contributed by atoms with E-state index in [2.05, 4.69) is 5.32 Å². The van der Waals surface area contributed by atoms with Gasteiger partial charge in [-0.1, -0.05) is 41.6 Å². The second kappa shape index (κ2) is 8.45. The molecule has 0 fully saturated rings. The number of hydrogen-bond donors (Lipinski definition) is 1. The highest BCUT2D eigenvalue weighted by molar-refractivity contribution is 7.99. The number of carbonyl (C=O) groups excluding carboxylic acids is 1. The molecular weight excluding hydrogens is 453 g/mol. The van der Waals surface area contributed by atoms with Crippen molar-refractivity contribution in [3.8, 4) is 0 Å². The van der Waals surface area contributed by atoms with E-state index in [9.17, 15) is 18.0 Å². The highest BCUT2D eigenvalue weighted by Crippen LogP contribution is 2.42. The Morgan fingerprint density at radius 2 is 1.87 bits per heavy atom. The Labute approximate surface area is 184 Å². The molecule has 0 atom stereocenters. The molecule has 0 radical (unpaired) electrons. The number of nitrogens with one attached hydrogen (secondary N) is 1. The second-order valence-corrected chi connectivity index (χ2v) is 9.26. The van der Waals surface area contributed by atoms with E-state index in [1.807, 2.05) is 30.3 Å². The number of amides is 1. The summed E-state index contributed by atoms with van der Waals surface area (Å²) in [5.41, 5.74) is 2.53. The number of alkyl halides is 3.